The number of benzene rings is 1. The zero-order chi connectivity index (χ0) is 15.6. The van der Waals surface area contributed by atoms with Crippen molar-refractivity contribution in [3.8, 4) is 23.0 Å². The predicted molar refractivity (Wildman–Crippen MR) is 86.4 cm³/mol. The van der Waals surface area contributed by atoms with E-state index in [0.29, 0.717) is 11.5 Å². The molecule has 0 fully saturated rings. The molecule has 2 aromatic heterocycles. The highest BCUT2D eigenvalue weighted by atomic mass is 16.3. The van der Waals surface area contributed by atoms with E-state index in [4.69, 9.17) is 0 Å². The number of fused-ring (bicyclic) bond motifs is 1. The normalized spacial score (nSPS) is 15.0. The van der Waals surface area contributed by atoms with E-state index >= 15 is 0 Å². The summed E-state index contributed by atoms with van der Waals surface area (Å²) in [6.07, 6.45) is 7.28. The summed E-state index contributed by atoms with van der Waals surface area (Å²) in [5.41, 5.74) is 1.40. The second-order valence-corrected chi connectivity index (χ2v) is 5.90. The van der Waals surface area contributed by atoms with E-state index < -0.39 is 0 Å². The number of aryl methyl sites for hydroxylation is 1. The standard InChI is InChI=1S/C17H19N5O/c23-14-12-22(13-8-4-3-5-9-13)20-16(14)17-19-18-15-10-6-1-2-7-11-21(15)17/h3-5,8-9,12,23H,1-2,6-7,10-11H2. The fourth-order valence-electron chi connectivity index (χ4n) is 3.07. The second-order valence-electron chi connectivity index (χ2n) is 5.90. The number of hydrogen-bond acceptors (Lipinski definition) is 4. The number of hydrogen-bond donors (Lipinski definition) is 1. The van der Waals surface area contributed by atoms with Crippen molar-refractivity contribution in [2.75, 3.05) is 0 Å². The number of aromatic nitrogens is 5. The molecule has 0 spiro atoms. The maximum atomic E-state index is 10.3. The fourth-order valence-corrected chi connectivity index (χ4v) is 3.07. The first-order valence-corrected chi connectivity index (χ1v) is 8.09. The molecule has 0 atom stereocenters. The van der Waals surface area contributed by atoms with Crippen molar-refractivity contribution in [1.29, 1.82) is 0 Å². The molecule has 1 N–H and O–H groups in total. The topological polar surface area (TPSA) is 68.8 Å². The highest BCUT2D eigenvalue weighted by molar-refractivity contribution is 5.59. The van der Waals surface area contributed by atoms with Crippen LogP contribution in [0, 0.1) is 0 Å². The molecule has 3 aromatic rings. The van der Waals surface area contributed by atoms with Crippen molar-refractivity contribution >= 4 is 0 Å². The van der Waals surface area contributed by atoms with Gasteiger partial charge in [0.1, 0.15) is 5.82 Å². The minimum atomic E-state index is 0.131. The van der Waals surface area contributed by atoms with Crippen LogP contribution in [-0.4, -0.2) is 29.7 Å². The summed E-state index contributed by atoms with van der Waals surface area (Å²) in [5.74, 6) is 1.79. The first kappa shape index (κ1) is 14.0. The van der Waals surface area contributed by atoms with Crippen LogP contribution in [0.25, 0.3) is 17.2 Å². The summed E-state index contributed by atoms with van der Waals surface area (Å²) in [7, 11) is 0. The highest BCUT2D eigenvalue weighted by Gasteiger charge is 2.21. The van der Waals surface area contributed by atoms with E-state index in [1.165, 1.54) is 12.8 Å². The van der Waals surface area contributed by atoms with Gasteiger partial charge in [-0.25, -0.2) is 4.68 Å². The van der Waals surface area contributed by atoms with E-state index in [-0.39, 0.29) is 5.75 Å². The van der Waals surface area contributed by atoms with Crippen molar-refractivity contribution in [1.82, 2.24) is 24.5 Å². The van der Waals surface area contributed by atoms with Crippen LogP contribution in [-0.2, 0) is 13.0 Å². The molecular formula is C17H19N5O. The molecular weight excluding hydrogens is 290 g/mol. The van der Waals surface area contributed by atoms with Gasteiger partial charge in [-0.15, -0.1) is 10.2 Å². The van der Waals surface area contributed by atoms with Gasteiger partial charge in [-0.2, -0.15) is 5.10 Å². The predicted octanol–water partition coefficient (Wildman–Crippen LogP) is 2.95. The van der Waals surface area contributed by atoms with Gasteiger partial charge in [0.05, 0.1) is 11.9 Å². The van der Waals surface area contributed by atoms with Crippen LogP contribution in [0.1, 0.15) is 31.5 Å². The maximum absolute atomic E-state index is 10.3. The van der Waals surface area contributed by atoms with E-state index in [9.17, 15) is 5.11 Å². The Labute approximate surface area is 134 Å². The van der Waals surface area contributed by atoms with E-state index in [1.807, 2.05) is 30.3 Å². The molecule has 0 radical (unpaired) electrons. The average Bonchev–Trinajstić information content (AvgIpc) is 3.11. The lowest BCUT2D eigenvalue weighted by molar-refractivity contribution is 0.475. The third kappa shape index (κ3) is 2.60. The van der Waals surface area contributed by atoms with Crippen molar-refractivity contribution in [3.63, 3.8) is 0 Å². The van der Waals surface area contributed by atoms with Crippen LogP contribution < -0.4 is 0 Å². The molecule has 6 heteroatoms. The van der Waals surface area contributed by atoms with Crippen LogP contribution in [0.3, 0.4) is 0 Å². The molecule has 0 bridgehead atoms. The van der Waals surface area contributed by atoms with Gasteiger partial charge in [-0.05, 0) is 25.0 Å². The first-order chi connectivity index (χ1) is 11.3. The quantitative estimate of drug-likeness (QED) is 0.790. The Kier molecular flexibility index (Phi) is 3.57. The maximum Gasteiger partial charge on any atom is 0.188 e. The van der Waals surface area contributed by atoms with Gasteiger partial charge in [0, 0.05) is 13.0 Å². The SMILES string of the molecule is Oc1cn(-c2ccccc2)nc1-c1nnc2n1CCCCCC2. The summed E-state index contributed by atoms with van der Waals surface area (Å²) < 4.78 is 3.78. The van der Waals surface area contributed by atoms with Gasteiger partial charge >= 0.3 is 0 Å². The van der Waals surface area contributed by atoms with Crippen LogP contribution >= 0.6 is 0 Å². The van der Waals surface area contributed by atoms with E-state index in [0.717, 1.165) is 37.3 Å². The first-order valence-electron chi connectivity index (χ1n) is 8.09. The minimum Gasteiger partial charge on any atom is -0.504 e. The summed E-state index contributed by atoms with van der Waals surface area (Å²) >= 11 is 0. The molecule has 4 rings (SSSR count). The summed E-state index contributed by atoms with van der Waals surface area (Å²) in [5, 5.41) is 23.5. The molecule has 0 aliphatic carbocycles. The zero-order valence-electron chi connectivity index (χ0n) is 12.9. The van der Waals surface area contributed by atoms with Crippen molar-refractivity contribution in [2.45, 2.75) is 38.6 Å². The Balaban J connectivity index is 1.75. The lowest BCUT2D eigenvalue weighted by Gasteiger charge is -2.12. The van der Waals surface area contributed by atoms with Crippen LogP contribution in [0.5, 0.6) is 5.75 Å². The highest BCUT2D eigenvalue weighted by Crippen LogP contribution is 2.29. The lowest BCUT2D eigenvalue weighted by Crippen LogP contribution is -2.09. The van der Waals surface area contributed by atoms with Gasteiger partial charge in [0.25, 0.3) is 0 Å². The molecule has 1 aliphatic rings. The molecule has 0 unspecified atom stereocenters. The third-order valence-corrected chi connectivity index (χ3v) is 4.29. The molecule has 0 saturated heterocycles. The largest absolute Gasteiger partial charge is 0.504 e. The lowest BCUT2D eigenvalue weighted by atomic mass is 10.1. The molecule has 1 aliphatic heterocycles. The smallest absolute Gasteiger partial charge is 0.188 e. The Morgan fingerprint density at radius 3 is 2.65 bits per heavy atom. The van der Waals surface area contributed by atoms with Crippen molar-refractivity contribution in [3.05, 3.63) is 42.4 Å². The fraction of sp³-hybridized carbons (Fsp3) is 0.353. The number of nitrogens with zero attached hydrogens (tertiary/aromatic N) is 5. The van der Waals surface area contributed by atoms with Crippen LogP contribution in [0.15, 0.2) is 36.5 Å². The second kappa shape index (κ2) is 5.87. The summed E-state index contributed by atoms with van der Waals surface area (Å²) in [6, 6.07) is 9.74. The van der Waals surface area contributed by atoms with Crippen LogP contribution in [0.2, 0.25) is 0 Å². The van der Waals surface area contributed by atoms with Crippen molar-refractivity contribution in [2.24, 2.45) is 0 Å². The molecule has 0 saturated carbocycles. The van der Waals surface area contributed by atoms with Gasteiger partial charge in [-0.1, -0.05) is 31.0 Å². The molecule has 118 valence electrons. The average molecular weight is 309 g/mol. The van der Waals surface area contributed by atoms with E-state index in [1.54, 1.807) is 10.9 Å². The van der Waals surface area contributed by atoms with E-state index in [2.05, 4.69) is 19.9 Å². The summed E-state index contributed by atoms with van der Waals surface area (Å²) in [6.45, 7) is 0.884. The van der Waals surface area contributed by atoms with Gasteiger partial charge in [-0.3, -0.25) is 0 Å². The van der Waals surface area contributed by atoms with Gasteiger partial charge in [0.2, 0.25) is 0 Å². The zero-order valence-corrected chi connectivity index (χ0v) is 12.9. The Hall–Kier alpha value is -2.63. The van der Waals surface area contributed by atoms with Crippen LogP contribution in [0.4, 0.5) is 0 Å². The minimum absolute atomic E-state index is 0.131. The van der Waals surface area contributed by atoms with Gasteiger partial charge in [0.15, 0.2) is 17.3 Å². The Morgan fingerprint density at radius 1 is 0.957 bits per heavy atom. The summed E-state index contributed by atoms with van der Waals surface area (Å²) in [4.78, 5) is 0. The molecule has 6 nitrogen and oxygen atoms in total. The molecule has 1 aromatic carbocycles. The Bertz CT molecular complexity index is 806. The molecule has 3 heterocycles. The number of aromatic hydroxyl groups is 1. The van der Waals surface area contributed by atoms with Gasteiger partial charge < -0.3 is 9.67 Å². The molecule has 23 heavy (non-hydrogen) atoms. The number of para-hydroxylation sites is 1. The molecule has 0 amide bonds. The Morgan fingerprint density at radius 2 is 1.78 bits per heavy atom. The number of rotatable bonds is 2. The van der Waals surface area contributed by atoms with Crippen molar-refractivity contribution < 1.29 is 5.11 Å². The monoisotopic (exact) mass is 309 g/mol. The third-order valence-electron chi connectivity index (χ3n) is 4.29.